The molecular weight excluding hydrogens is 280 g/mol. The molecule has 0 aromatic carbocycles. The van der Waals surface area contributed by atoms with Crippen molar-refractivity contribution in [3.63, 3.8) is 0 Å². The highest BCUT2D eigenvalue weighted by Gasteiger charge is 2.41. The number of nitrogens with one attached hydrogen (secondary N) is 2. The van der Waals surface area contributed by atoms with Gasteiger partial charge in [-0.2, -0.15) is 0 Å². The van der Waals surface area contributed by atoms with Crippen molar-refractivity contribution in [1.29, 1.82) is 0 Å². The third-order valence-electron chi connectivity index (χ3n) is 4.12. The maximum absolute atomic E-state index is 11.7. The zero-order valence-electron chi connectivity index (χ0n) is 14.6. The van der Waals surface area contributed by atoms with Crippen LogP contribution in [0, 0.1) is 5.41 Å². The number of methoxy groups -OCH3 is 1. The summed E-state index contributed by atoms with van der Waals surface area (Å²) in [5, 5.41) is 6.71. The number of amides is 1. The van der Waals surface area contributed by atoms with E-state index in [2.05, 4.69) is 22.5 Å². The monoisotopic (exact) mass is 312 g/mol. The summed E-state index contributed by atoms with van der Waals surface area (Å²) >= 11 is 0. The molecule has 0 radical (unpaired) electrons. The number of carbonyl (C=O) groups is 1. The molecule has 0 saturated heterocycles. The van der Waals surface area contributed by atoms with E-state index in [0.29, 0.717) is 5.41 Å². The molecule has 1 fully saturated rings. The van der Waals surface area contributed by atoms with Gasteiger partial charge in [-0.05, 0) is 31.1 Å². The minimum atomic E-state index is 0.0112. The Labute approximate surface area is 134 Å². The van der Waals surface area contributed by atoms with Crippen molar-refractivity contribution < 1.29 is 9.53 Å². The van der Waals surface area contributed by atoms with Crippen molar-refractivity contribution in [1.82, 2.24) is 15.5 Å². The molecule has 22 heavy (non-hydrogen) atoms. The Kier molecular flexibility index (Phi) is 8.24. The molecule has 1 saturated carbocycles. The van der Waals surface area contributed by atoms with Crippen molar-refractivity contribution in [2.75, 3.05) is 47.4 Å². The molecule has 0 spiro atoms. The summed E-state index contributed by atoms with van der Waals surface area (Å²) in [6, 6.07) is 0. The summed E-state index contributed by atoms with van der Waals surface area (Å²) in [5.74, 6) is 0.754. The Morgan fingerprint density at radius 3 is 2.59 bits per heavy atom. The molecule has 0 heterocycles. The Morgan fingerprint density at radius 1 is 1.32 bits per heavy atom. The summed E-state index contributed by atoms with van der Waals surface area (Å²) in [6.45, 7) is 4.91. The summed E-state index contributed by atoms with van der Waals surface area (Å²) in [4.78, 5) is 17.6. The van der Waals surface area contributed by atoms with Crippen molar-refractivity contribution in [3.8, 4) is 0 Å². The summed E-state index contributed by atoms with van der Waals surface area (Å²) in [7, 11) is 5.24. The van der Waals surface area contributed by atoms with E-state index in [1.807, 2.05) is 0 Å². The fraction of sp³-hybridized carbons (Fsp3) is 0.875. The maximum Gasteiger partial charge on any atom is 0.243 e. The zero-order chi connectivity index (χ0) is 16.4. The fourth-order valence-electron chi connectivity index (χ4n) is 2.13. The lowest BCUT2D eigenvalue weighted by Crippen LogP contribution is -2.41. The lowest BCUT2D eigenvalue weighted by atomic mass is 10.0. The maximum atomic E-state index is 11.7. The molecule has 128 valence electrons. The number of likely N-dealkylation sites (N-methyl/N-ethyl adjacent to an activating group) is 1. The van der Waals surface area contributed by atoms with Crippen molar-refractivity contribution in [3.05, 3.63) is 0 Å². The summed E-state index contributed by atoms with van der Waals surface area (Å²) < 4.78 is 5.19. The van der Waals surface area contributed by atoms with Gasteiger partial charge in [0.15, 0.2) is 5.96 Å². The molecule has 6 heteroatoms. The van der Waals surface area contributed by atoms with Gasteiger partial charge in [0.1, 0.15) is 6.54 Å². The number of aliphatic imine (C=N–C) groups is 1. The van der Waals surface area contributed by atoms with E-state index in [-0.39, 0.29) is 12.5 Å². The number of hydrogen-bond donors (Lipinski definition) is 2. The first kappa shape index (κ1) is 18.7. The predicted molar refractivity (Wildman–Crippen MR) is 90.1 cm³/mol. The largest absolute Gasteiger partial charge is 0.385 e. The van der Waals surface area contributed by atoms with Gasteiger partial charge >= 0.3 is 0 Å². The van der Waals surface area contributed by atoms with Crippen LogP contribution in [0.5, 0.6) is 0 Å². The van der Waals surface area contributed by atoms with E-state index in [4.69, 9.17) is 4.74 Å². The van der Waals surface area contributed by atoms with Crippen LogP contribution in [0.1, 0.15) is 39.0 Å². The van der Waals surface area contributed by atoms with Gasteiger partial charge in [-0.25, -0.2) is 4.99 Å². The average molecular weight is 312 g/mol. The average Bonchev–Trinajstić information content (AvgIpc) is 3.27. The molecule has 6 nitrogen and oxygen atoms in total. The molecule has 0 aliphatic heterocycles. The van der Waals surface area contributed by atoms with Gasteiger partial charge < -0.3 is 20.3 Å². The van der Waals surface area contributed by atoms with E-state index < -0.39 is 0 Å². The first-order valence-electron chi connectivity index (χ1n) is 8.24. The number of ether oxygens (including phenoxy) is 1. The molecule has 1 aliphatic rings. The van der Waals surface area contributed by atoms with Crippen LogP contribution in [0.25, 0.3) is 0 Å². The van der Waals surface area contributed by atoms with Crippen LogP contribution in [-0.2, 0) is 9.53 Å². The lowest BCUT2D eigenvalue weighted by molar-refractivity contribution is -0.127. The quantitative estimate of drug-likeness (QED) is 0.362. The second kappa shape index (κ2) is 9.66. The molecule has 0 atom stereocenters. The number of hydrogen-bond acceptors (Lipinski definition) is 3. The van der Waals surface area contributed by atoms with Gasteiger partial charge in [0.05, 0.1) is 0 Å². The van der Waals surface area contributed by atoms with Crippen molar-refractivity contribution in [2.45, 2.75) is 39.0 Å². The summed E-state index contributed by atoms with van der Waals surface area (Å²) in [5.41, 5.74) is 0.356. The van der Waals surface area contributed by atoms with E-state index in [1.165, 1.54) is 12.8 Å². The third-order valence-corrected chi connectivity index (χ3v) is 4.12. The third kappa shape index (κ3) is 7.11. The number of unbranched alkanes of at least 4 members (excludes halogenated alkanes) is 1. The topological polar surface area (TPSA) is 66.0 Å². The highest BCUT2D eigenvalue weighted by atomic mass is 16.5. The van der Waals surface area contributed by atoms with E-state index >= 15 is 0 Å². The SMILES string of the molecule is CCCCNC(=NCC(=O)N(C)C)NCC1(CCOC)CC1. The first-order chi connectivity index (χ1) is 10.5. The van der Waals surface area contributed by atoms with Gasteiger partial charge in [0.25, 0.3) is 0 Å². The molecule has 0 aromatic heterocycles. The van der Waals surface area contributed by atoms with E-state index in [1.54, 1.807) is 26.1 Å². The van der Waals surface area contributed by atoms with Crippen LogP contribution in [0.2, 0.25) is 0 Å². The number of guanidine groups is 1. The standard InChI is InChI=1S/C16H32N4O2/c1-5-6-10-17-15(18-12-14(21)20(2)3)19-13-16(7-8-16)9-11-22-4/h5-13H2,1-4H3,(H2,17,18,19). The van der Waals surface area contributed by atoms with Crippen molar-refractivity contribution >= 4 is 11.9 Å². The van der Waals surface area contributed by atoms with Crippen LogP contribution in [0.4, 0.5) is 0 Å². The lowest BCUT2D eigenvalue weighted by Gasteiger charge is -2.19. The molecule has 0 aromatic rings. The van der Waals surface area contributed by atoms with Gasteiger partial charge in [-0.15, -0.1) is 0 Å². The van der Waals surface area contributed by atoms with Crippen LogP contribution >= 0.6 is 0 Å². The van der Waals surface area contributed by atoms with Crippen LogP contribution < -0.4 is 10.6 Å². The van der Waals surface area contributed by atoms with Gasteiger partial charge in [0.2, 0.25) is 5.91 Å². The van der Waals surface area contributed by atoms with Gasteiger partial charge in [-0.1, -0.05) is 13.3 Å². The molecule has 2 N–H and O–H groups in total. The minimum Gasteiger partial charge on any atom is -0.385 e. The molecule has 0 bridgehead atoms. The number of nitrogens with zero attached hydrogens (tertiary/aromatic N) is 2. The second-order valence-corrected chi connectivity index (χ2v) is 6.33. The second-order valence-electron chi connectivity index (χ2n) is 6.33. The van der Waals surface area contributed by atoms with Gasteiger partial charge in [0, 0.05) is 40.9 Å². The van der Waals surface area contributed by atoms with Crippen LogP contribution in [-0.4, -0.2) is 64.2 Å². The number of carbonyl (C=O) groups excluding carboxylic acids is 1. The summed E-state index contributed by atoms with van der Waals surface area (Å²) in [6.07, 6.45) is 5.78. The molecule has 0 unspecified atom stereocenters. The van der Waals surface area contributed by atoms with E-state index in [9.17, 15) is 4.79 Å². The Morgan fingerprint density at radius 2 is 2.05 bits per heavy atom. The highest BCUT2D eigenvalue weighted by molar-refractivity contribution is 5.84. The Balaban J connectivity index is 2.46. The van der Waals surface area contributed by atoms with Crippen LogP contribution in [0.3, 0.4) is 0 Å². The minimum absolute atomic E-state index is 0.0112. The van der Waals surface area contributed by atoms with E-state index in [0.717, 1.165) is 44.9 Å². The molecule has 1 rings (SSSR count). The normalized spacial score (nSPS) is 16.3. The Bertz CT molecular complexity index is 365. The first-order valence-corrected chi connectivity index (χ1v) is 8.24. The molecular formula is C16H32N4O2. The fourth-order valence-corrected chi connectivity index (χ4v) is 2.13. The zero-order valence-corrected chi connectivity index (χ0v) is 14.6. The Hall–Kier alpha value is -1.30. The van der Waals surface area contributed by atoms with Crippen molar-refractivity contribution in [2.24, 2.45) is 10.4 Å². The van der Waals surface area contributed by atoms with Gasteiger partial charge in [-0.3, -0.25) is 4.79 Å². The molecule has 1 aliphatic carbocycles. The molecule has 1 amide bonds. The van der Waals surface area contributed by atoms with Crippen LogP contribution in [0.15, 0.2) is 4.99 Å². The smallest absolute Gasteiger partial charge is 0.243 e. The highest BCUT2D eigenvalue weighted by Crippen LogP contribution is 2.48. The predicted octanol–water partition coefficient (Wildman–Crippen LogP) is 1.23. The number of rotatable bonds is 10.